The summed E-state index contributed by atoms with van der Waals surface area (Å²) in [6, 6.07) is 14.3. The van der Waals surface area contributed by atoms with Crippen LogP contribution in [0.4, 0.5) is 0 Å². The molecule has 0 unspecified atom stereocenters. The minimum Gasteiger partial charge on any atom is -0.481 e. The van der Waals surface area contributed by atoms with Gasteiger partial charge in [0.15, 0.2) is 9.84 Å². The lowest BCUT2D eigenvalue weighted by molar-refractivity contribution is -0.142. The topological polar surface area (TPSA) is 101 Å². The quantitative estimate of drug-likeness (QED) is 0.794. The van der Waals surface area contributed by atoms with Gasteiger partial charge in [-0.2, -0.15) is 0 Å². The van der Waals surface area contributed by atoms with Crippen molar-refractivity contribution in [2.75, 3.05) is 0 Å². The van der Waals surface area contributed by atoms with Crippen molar-refractivity contribution in [1.82, 2.24) is 5.32 Å². The van der Waals surface area contributed by atoms with Crippen molar-refractivity contribution in [3.8, 4) is 0 Å². The largest absolute Gasteiger partial charge is 0.481 e. The summed E-state index contributed by atoms with van der Waals surface area (Å²) in [5.74, 6) is -2.12. The fourth-order valence-electron chi connectivity index (χ4n) is 3.39. The fraction of sp³-hybridized carbons (Fsp3) is 0.300. The van der Waals surface area contributed by atoms with Gasteiger partial charge in [0.2, 0.25) is 0 Å². The number of benzene rings is 2. The van der Waals surface area contributed by atoms with Crippen molar-refractivity contribution in [3.63, 3.8) is 0 Å². The normalized spacial score (nSPS) is 19.6. The van der Waals surface area contributed by atoms with Crippen LogP contribution in [0.2, 0.25) is 0 Å². The van der Waals surface area contributed by atoms with Gasteiger partial charge < -0.3 is 10.4 Å². The van der Waals surface area contributed by atoms with E-state index in [1.807, 2.05) is 6.07 Å². The first kappa shape index (κ1) is 19.1. The molecule has 2 aromatic rings. The third-order valence-electron chi connectivity index (χ3n) is 4.80. The molecule has 3 rings (SSSR count). The molecule has 7 heteroatoms. The molecule has 142 valence electrons. The lowest BCUT2D eigenvalue weighted by Gasteiger charge is -2.17. The van der Waals surface area contributed by atoms with Crippen LogP contribution in [-0.4, -0.2) is 31.4 Å². The number of aliphatic carboxylic acids is 1. The standard InChI is InChI=1S/C20H21NO5S/c22-19(21-18-11-5-10-17(18)20(23)24)15-8-4-9-16(12-15)27(25,26)13-14-6-2-1-3-7-14/h1-4,6-9,12,17-18H,5,10-11,13H2,(H,21,22)(H,23,24)/t17-,18+/m1/s1. The van der Waals surface area contributed by atoms with Crippen LogP contribution in [0.5, 0.6) is 0 Å². The molecule has 27 heavy (non-hydrogen) atoms. The van der Waals surface area contributed by atoms with Crippen LogP contribution in [0, 0.1) is 5.92 Å². The third kappa shape index (κ3) is 4.54. The predicted molar refractivity (Wildman–Crippen MR) is 100 cm³/mol. The van der Waals surface area contributed by atoms with Gasteiger partial charge >= 0.3 is 5.97 Å². The Morgan fingerprint density at radius 2 is 1.78 bits per heavy atom. The van der Waals surface area contributed by atoms with Gasteiger partial charge in [-0.15, -0.1) is 0 Å². The average Bonchev–Trinajstić information content (AvgIpc) is 3.11. The highest BCUT2D eigenvalue weighted by Gasteiger charge is 2.34. The molecular formula is C20H21NO5S. The summed E-state index contributed by atoms with van der Waals surface area (Å²) >= 11 is 0. The number of nitrogens with one attached hydrogen (secondary N) is 1. The molecule has 0 heterocycles. The summed E-state index contributed by atoms with van der Waals surface area (Å²) in [4.78, 5) is 23.8. The van der Waals surface area contributed by atoms with E-state index in [1.54, 1.807) is 24.3 Å². The first-order valence-electron chi connectivity index (χ1n) is 8.77. The van der Waals surface area contributed by atoms with E-state index in [9.17, 15) is 23.1 Å². The molecule has 0 aliphatic heterocycles. The van der Waals surface area contributed by atoms with Crippen LogP contribution in [0.15, 0.2) is 59.5 Å². The van der Waals surface area contributed by atoms with E-state index in [-0.39, 0.29) is 16.2 Å². The maximum Gasteiger partial charge on any atom is 0.308 e. The predicted octanol–water partition coefficient (Wildman–Crippen LogP) is 2.64. The molecule has 0 spiro atoms. The van der Waals surface area contributed by atoms with Gasteiger partial charge in [0.25, 0.3) is 5.91 Å². The number of amides is 1. The van der Waals surface area contributed by atoms with Gasteiger partial charge in [-0.05, 0) is 36.6 Å². The number of carboxylic acid groups (broad SMARTS) is 1. The molecule has 0 radical (unpaired) electrons. The van der Waals surface area contributed by atoms with E-state index in [4.69, 9.17) is 0 Å². The molecule has 6 nitrogen and oxygen atoms in total. The molecule has 2 N–H and O–H groups in total. The van der Waals surface area contributed by atoms with Gasteiger partial charge in [0.05, 0.1) is 16.6 Å². The van der Waals surface area contributed by atoms with Gasteiger partial charge in [-0.25, -0.2) is 8.42 Å². The lowest BCUT2D eigenvalue weighted by atomic mass is 10.0. The zero-order valence-electron chi connectivity index (χ0n) is 14.7. The minimum absolute atomic E-state index is 0.0696. The Labute approximate surface area is 158 Å². The minimum atomic E-state index is -3.59. The number of rotatable bonds is 6. The molecular weight excluding hydrogens is 366 g/mol. The highest BCUT2D eigenvalue weighted by Crippen LogP contribution is 2.26. The molecule has 2 atom stereocenters. The number of hydrogen-bond donors (Lipinski definition) is 2. The number of hydrogen-bond acceptors (Lipinski definition) is 4. The lowest BCUT2D eigenvalue weighted by Crippen LogP contribution is -2.40. The maximum atomic E-state index is 12.7. The Hall–Kier alpha value is -2.67. The second-order valence-corrected chi connectivity index (χ2v) is 8.72. The highest BCUT2D eigenvalue weighted by molar-refractivity contribution is 7.90. The van der Waals surface area contributed by atoms with Crippen molar-refractivity contribution in [1.29, 1.82) is 0 Å². The van der Waals surface area contributed by atoms with E-state index < -0.39 is 33.7 Å². The number of carboxylic acids is 1. The number of carbonyl (C=O) groups excluding carboxylic acids is 1. The molecule has 1 fully saturated rings. The summed E-state index contributed by atoms with van der Waals surface area (Å²) in [6.07, 6.45) is 1.88. The molecule has 0 aromatic heterocycles. The summed E-state index contributed by atoms with van der Waals surface area (Å²) in [5.41, 5.74) is 0.878. The molecule has 1 amide bonds. The van der Waals surface area contributed by atoms with E-state index in [2.05, 4.69) is 5.32 Å². The third-order valence-corrected chi connectivity index (χ3v) is 6.49. The number of sulfone groups is 1. The summed E-state index contributed by atoms with van der Waals surface area (Å²) in [7, 11) is -3.59. The second-order valence-electron chi connectivity index (χ2n) is 6.73. The Kier molecular flexibility index (Phi) is 5.60. The van der Waals surface area contributed by atoms with Crippen molar-refractivity contribution in [3.05, 3.63) is 65.7 Å². The molecule has 0 bridgehead atoms. The highest BCUT2D eigenvalue weighted by atomic mass is 32.2. The van der Waals surface area contributed by atoms with Gasteiger partial charge in [-0.3, -0.25) is 9.59 Å². The number of carbonyl (C=O) groups is 2. The van der Waals surface area contributed by atoms with Crippen molar-refractivity contribution in [2.24, 2.45) is 5.92 Å². The summed E-state index contributed by atoms with van der Waals surface area (Å²) in [5, 5.41) is 12.0. The smallest absolute Gasteiger partial charge is 0.308 e. The van der Waals surface area contributed by atoms with E-state index in [0.29, 0.717) is 18.4 Å². The average molecular weight is 387 g/mol. The van der Waals surface area contributed by atoms with Gasteiger partial charge in [0, 0.05) is 11.6 Å². The van der Waals surface area contributed by atoms with E-state index in [0.717, 1.165) is 6.42 Å². The van der Waals surface area contributed by atoms with Crippen molar-refractivity contribution in [2.45, 2.75) is 36.0 Å². The first-order chi connectivity index (χ1) is 12.9. The van der Waals surface area contributed by atoms with E-state index >= 15 is 0 Å². The van der Waals surface area contributed by atoms with Crippen LogP contribution in [0.1, 0.15) is 35.2 Å². The Morgan fingerprint density at radius 3 is 2.48 bits per heavy atom. The fourth-order valence-corrected chi connectivity index (χ4v) is 4.78. The molecule has 1 saturated carbocycles. The molecule has 2 aromatic carbocycles. The zero-order valence-corrected chi connectivity index (χ0v) is 15.5. The Bertz CT molecular complexity index is 940. The SMILES string of the molecule is O=C(N[C@H]1CCC[C@H]1C(=O)O)c1cccc(S(=O)(=O)Cc2ccccc2)c1. The summed E-state index contributed by atoms with van der Waals surface area (Å²) < 4.78 is 25.3. The van der Waals surface area contributed by atoms with Crippen LogP contribution in [0.25, 0.3) is 0 Å². The van der Waals surface area contributed by atoms with E-state index in [1.165, 1.54) is 24.3 Å². The van der Waals surface area contributed by atoms with Crippen molar-refractivity contribution < 1.29 is 23.1 Å². The van der Waals surface area contributed by atoms with Crippen LogP contribution < -0.4 is 5.32 Å². The summed E-state index contributed by atoms with van der Waals surface area (Å²) in [6.45, 7) is 0. The van der Waals surface area contributed by atoms with Gasteiger partial charge in [0.1, 0.15) is 0 Å². The Balaban J connectivity index is 1.77. The maximum absolute atomic E-state index is 12.7. The molecule has 0 saturated heterocycles. The zero-order chi connectivity index (χ0) is 19.4. The monoisotopic (exact) mass is 387 g/mol. The second kappa shape index (κ2) is 7.92. The first-order valence-corrected chi connectivity index (χ1v) is 10.4. The van der Waals surface area contributed by atoms with Gasteiger partial charge in [-0.1, -0.05) is 42.8 Å². The Morgan fingerprint density at radius 1 is 1.04 bits per heavy atom. The van der Waals surface area contributed by atoms with Crippen LogP contribution in [0.3, 0.4) is 0 Å². The molecule has 1 aliphatic carbocycles. The van der Waals surface area contributed by atoms with Crippen LogP contribution in [-0.2, 0) is 20.4 Å². The van der Waals surface area contributed by atoms with Crippen LogP contribution >= 0.6 is 0 Å². The molecule has 1 aliphatic rings. The van der Waals surface area contributed by atoms with Crippen molar-refractivity contribution >= 4 is 21.7 Å².